The molecule has 0 saturated carbocycles. The van der Waals surface area contributed by atoms with Crippen LogP contribution in [-0.2, 0) is 15.8 Å². The number of alkyl halides is 3. The lowest BCUT2D eigenvalue weighted by Crippen LogP contribution is -2.24. The third-order valence-corrected chi connectivity index (χ3v) is 3.54. The fraction of sp³-hybridized carbons (Fsp3) is 0.118. The van der Waals surface area contributed by atoms with Gasteiger partial charge in [-0.05, 0) is 35.9 Å². The van der Waals surface area contributed by atoms with Crippen LogP contribution in [0.3, 0.4) is 0 Å². The van der Waals surface area contributed by atoms with Crippen molar-refractivity contribution in [2.24, 2.45) is 5.10 Å². The van der Waals surface area contributed by atoms with Gasteiger partial charge >= 0.3 is 6.18 Å². The third-order valence-electron chi connectivity index (χ3n) is 3.05. The van der Waals surface area contributed by atoms with Gasteiger partial charge in [0.15, 0.2) is 0 Å². The van der Waals surface area contributed by atoms with Gasteiger partial charge in [0.1, 0.15) is 6.42 Å². The van der Waals surface area contributed by atoms with Gasteiger partial charge < -0.3 is 5.32 Å². The first-order valence-electron chi connectivity index (χ1n) is 7.28. The molecule has 9 heteroatoms. The van der Waals surface area contributed by atoms with Gasteiger partial charge in [0.2, 0.25) is 11.8 Å². The SMILES string of the molecule is O=C(CC(=O)Nc1cccc(C(F)(F)F)c1)NN=Cc1cccc(Br)c1. The number of anilines is 1. The number of amides is 2. The number of carbonyl (C=O) groups is 2. The van der Waals surface area contributed by atoms with E-state index in [2.05, 4.69) is 31.8 Å². The molecule has 0 radical (unpaired) electrons. The summed E-state index contributed by atoms with van der Waals surface area (Å²) in [5.41, 5.74) is 1.97. The van der Waals surface area contributed by atoms with Crippen molar-refractivity contribution >= 4 is 39.6 Å². The molecular formula is C17H13BrF3N3O2. The minimum Gasteiger partial charge on any atom is -0.326 e. The summed E-state index contributed by atoms with van der Waals surface area (Å²) in [5.74, 6) is -1.44. The van der Waals surface area contributed by atoms with Crippen LogP contribution in [0.1, 0.15) is 17.5 Å². The van der Waals surface area contributed by atoms with E-state index in [1.54, 1.807) is 18.2 Å². The summed E-state index contributed by atoms with van der Waals surface area (Å²) in [6.45, 7) is 0. The first kappa shape index (κ1) is 19.6. The van der Waals surface area contributed by atoms with Crippen molar-refractivity contribution in [2.75, 3.05) is 5.32 Å². The van der Waals surface area contributed by atoms with Crippen molar-refractivity contribution < 1.29 is 22.8 Å². The molecule has 2 aromatic carbocycles. The van der Waals surface area contributed by atoms with Gasteiger partial charge in [0.05, 0.1) is 11.8 Å². The first-order chi connectivity index (χ1) is 12.2. The van der Waals surface area contributed by atoms with Crippen LogP contribution < -0.4 is 10.7 Å². The maximum atomic E-state index is 12.6. The minimum atomic E-state index is -4.51. The molecule has 2 aromatic rings. The van der Waals surface area contributed by atoms with E-state index in [-0.39, 0.29) is 5.69 Å². The smallest absolute Gasteiger partial charge is 0.326 e. The van der Waals surface area contributed by atoms with E-state index in [0.29, 0.717) is 0 Å². The van der Waals surface area contributed by atoms with Gasteiger partial charge in [-0.1, -0.05) is 34.1 Å². The number of rotatable bonds is 5. The fourth-order valence-electron chi connectivity index (χ4n) is 1.93. The second-order valence-electron chi connectivity index (χ2n) is 5.15. The summed E-state index contributed by atoms with van der Waals surface area (Å²) in [6.07, 6.45) is -3.70. The van der Waals surface area contributed by atoms with Crippen LogP contribution in [0.5, 0.6) is 0 Å². The monoisotopic (exact) mass is 427 g/mol. The Labute approximate surface area is 155 Å². The van der Waals surface area contributed by atoms with Crippen LogP contribution in [0.15, 0.2) is 58.1 Å². The van der Waals surface area contributed by atoms with Crippen LogP contribution in [-0.4, -0.2) is 18.0 Å². The Morgan fingerprint density at radius 1 is 1.08 bits per heavy atom. The van der Waals surface area contributed by atoms with Crippen LogP contribution in [0.4, 0.5) is 18.9 Å². The number of nitrogens with one attached hydrogen (secondary N) is 2. The zero-order valence-corrected chi connectivity index (χ0v) is 14.8. The largest absolute Gasteiger partial charge is 0.416 e. The Morgan fingerprint density at radius 2 is 1.81 bits per heavy atom. The van der Waals surface area contributed by atoms with Gasteiger partial charge in [0, 0.05) is 10.2 Å². The predicted octanol–water partition coefficient (Wildman–Crippen LogP) is 3.95. The number of hydrazone groups is 1. The van der Waals surface area contributed by atoms with Gasteiger partial charge in [0.25, 0.3) is 0 Å². The zero-order chi connectivity index (χ0) is 19.2. The van der Waals surface area contributed by atoms with E-state index >= 15 is 0 Å². The van der Waals surface area contributed by atoms with E-state index in [9.17, 15) is 22.8 Å². The lowest BCUT2D eigenvalue weighted by atomic mass is 10.2. The molecule has 0 bridgehead atoms. The Kier molecular flexibility index (Phi) is 6.51. The normalized spacial score (nSPS) is 11.4. The highest BCUT2D eigenvalue weighted by Gasteiger charge is 2.30. The summed E-state index contributed by atoms with van der Waals surface area (Å²) >= 11 is 3.29. The lowest BCUT2D eigenvalue weighted by molar-refractivity contribution is -0.137. The highest BCUT2D eigenvalue weighted by molar-refractivity contribution is 9.10. The summed E-state index contributed by atoms with van der Waals surface area (Å²) in [5, 5.41) is 5.96. The van der Waals surface area contributed by atoms with E-state index in [0.717, 1.165) is 22.2 Å². The molecule has 26 heavy (non-hydrogen) atoms. The predicted molar refractivity (Wildman–Crippen MR) is 94.6 cm³/mol. The quantitative estimate of drug-likeness (QED) is 0.430. The number of halogens is 4. The van der Waals surface area contributed by atoms with Gasteiger partial charge in [-0.15, -0.1) is 0 Å². The molecule has 0 fully saturated rings. The van der Waals surface area contributed by atoms with Crippen molar-refractivity contribution in [2.45, 2.75) is 12.6 Å². The second kappa shape index (κ2) is 8.61. The molecule has 0 aliphatic carbocycles. The van der Waals surface area contributed by atoms with Gasteiger partial charge in [-0.25, -0.2) is 5.43 Å². The highest BCUT2D eigenvalue weighted by atomic mass is 79.9. The average Bonchev–Trinajstić information content (AvgIpc) is 2.54. The van der Waals surface area contributed by atoms with Gasteiger partial charge in [-0.2, -0.15) is 18.3 Å². The maximum absolute atomic E-state index is 12.6. The molecule has 0 atom stereocenters. The molecule has 0 unspecified atom stereocenters. The molecule has 0 heterocycles. The molecule has 2 amide bonds. The molecule has 0 aromatic heterocycles. The van der Waals surface area contributed by atoms with Crippen molar-refractivity contribution in [1.29, 1.82) is 0 Å². The van der Waals surface area contributed by atoms with Crippen molar-refractivity contribution in [3.05, 3.63) is 64.1 Å². The summed E-state index contributed by atoms with van der Waals surface area (Å²) in [7, 11) is 0. The first-order valence-corrected chi connectivity index (χ1v) is 8.08. The van der Waals surface area contributed by atoms with Crippen LogP contribution >= 0.6 is 15.9 Å². The number of carbonyl (C=O) groups excluding carboxylic acids is 2. The molecule has 0 aliphatic heterocycles. The number of hydrogen-bond acceptors (Lipinski definition) is 3. The van der Waals surface area contributed by atoms with Crippen molar-refractivity contribution in [3.63, 3.8) is 0 Å². The van der Waals surface area contributed by atoms with Crippen LogP contribution in [0, 0.1) is 0 Å². The van der Waals surface area contributed by atoms with Crippen molar-refractivity contribution in [3.8, 4) is 0 Å². The molecule has 2 rings (SSSR count). The zero-order valence-electron chi connectivity index (χ0n) is 13.2. The molecule has 2 N–H and O–H groups in total. The van der Waals surface area contributed by atoms with Crippen molar-refractivity contribution in [1.82, 2.24) is 5.43 Å². The Morgan fingerprint density at radius 3 is 2.50 bits per heavy atom. The minimum absolute atomic E-state index is 0.0461. The van der Waals surface area contributed by atoms with E-state index in [4.69, 9.17) is 0 Å². The highest BCUT2D eigenvalue weighted by Crippen LogP contribution is 2.30. The fourth-order valence-corrected chi connectivity index (χ4v) is 2.35. The summed E-state index contributed by atoms with van der Waals surface area (Å²) in [6, 6.07) is 11.3. The summed E-state index contributed by atoms with van der Waals surface area (Å²) < 4.78 is 38.7. The average molecular weight is 428 g/mol. The second-order valence-corrected chi connectivity index (χ2v) is 6.07. The number of hydrogen-bond donors (Lipinski definition) is 2. The van der Waals surface area contributed by atoms with Crippen LogP contribution in [0.25, 0.3) is 0 Å². The van der Waals surface area contributed by atoms with Crippen LogP contribution in [0.2, 0.25) is 0 Å². The van der Waals surface area contributed by atoms with Gasteiger partial charge in [-0.3, -0.25) is 9.59 Å². The molecule has 136 valence electrons. The van der Waals surface area contributed by atoms with E-state index < -0.39 is 30.0 Å². The third kappa shape index (κ3) is 6.32. The molecule has 5 nitrogen and oxygen atoms in total. The number of benzene rings is 2. The van der Waals surface area contributed by atoms with E-state index in [1.807, 2.05) is 6.07 Å². The number of nitrogens with zero attached hydrogens (tertiary/aromatic N) is 1. The molecule has 0 saturated heterocycles. The topological polar surface area (TPSA) is 70.6 Å². The molecule has 0 aliphatic rings. The maximum Gasteiger partial charge on any atom is 0.416 e. The Balaban J connectivity index is 1.86. The Bertz CT molecular complexity index is 838. The standard InChI is InChI=1S/C17H13BrF3N3O2/c18-13-5-1-3-11(7-13)10-22-24-16(26)9-15(25)23-14-6-2-4-12(8-14)17(19,20)21/h1-8,10H,9H2,(H,23,25)(H,24,26). The lowest BCUT2D eigenvalue weighted by Gasteiger charge is -2.09. The van der Waals surface area contributed by atoms with E-state index in [1.165, 1.54) is 18.3 Å². The molecule has 0 spiro atoms. The molecular weight excluding hydrogens is 415 g/mol. The summed E-state index contributed by atoms with van der Waals surface area (Å²) in [4.78, 5) is 23.4. The Hall–Kier alpha value is -2.68.